The Hall–Kier alpha value is -5.86. The largest absolute Gasteiger partial charge is 0.495 e. The molecule has 7 aromatic carbocycles. The van der Waals surface area contributed by atoms with Crippen LogP contribution >= 0.6 is 11.6 Å². The van der Waals surface area contributed by atoms with Gasteiger partial charge in [-0.3, -0.25) is 0 Å². The molecule has 3 heterocycles. The molecule has 0 N–H and O–H groups in total. The number of para-hydroxylation sites is 1. The lowest BCUT2D eigenvalue weighted by molar-refractivity contribution is 0.00578. The molecular weight excluding hydrogens is 701 g/mol. The average molecular weight is 736 g/mol. The Morgan fingerprint density at radius 3 is 1.95 bits per heavy atom. The summed E-state index contributed by atoms with van der Waals surface area (Å²) in [5.41, 5.74) is 7.85. The molecule has 8 heteroatoms. The van der Waals surface area contributed by atoms with Crippen LogP contribution in [0.5, 0.6) is 0 Å². The molecule has 0 bridgehead atoms. The van der Waals surface area contributed by atoms with E-state index < -0.39 is 18.3 Å². The molecule has 266 valence electrons. The summed E-state index contributed by atoms with van der Waals surface area (Å²) in [7, 11) is -0.510. The minimum atomic E-state index is -0.510. The van der Waals surface area contributed by atoms with Crippen molar-refractivity contribution in [1.82, 2.24) is 15.0 Å². The molecule has 55 heavy (non-hydrogen) atoms. The molecule has 1 aliphatic heterocycles. The summed E-state index contributed by atoms with van der Waals surface area (Å²) >= 11 is 6.48. The van der Waals surface area contributed by atoms with Gasteiger partial charge in [-0.2, -0.15) is 9.97 Å². The Balaban J connectivity index is 1.08. The maximum atomic E-state index is 6.59. The minimum Gasteiger partial charge on any atom is -0.456 e. The van der Waals surface area contributed by atoms with Gasteiger partial charge in [0.25, 0.3) is 0 Å². The number of fused-ring (bicyclic) bond motifs is 5. The van der Waals surface area contributed by atoms with Crippen LogP contribution in [0.4, 0.5) is 0 Å². The molecule has 6 nitrogen and oxygen atoms in total. The zero-order valence-electron chi connectivity index (χ0n) is 30.8. The minimum absolute atomic E-state index is 0.150. The summed E-state index contributed by atoms with van der Waals surface area (Å²) in [5.74, 6) is 1.05. The van der Waals surface area contributed by atoms with Crippen molar-refractivity contribution >= 4 is 67.7 Å². The van der Waals surface area contributed by atoms with Crippen molar-refractivity contribution in [3.8, 4) is 45.0 Å². The molecule has 2 aromatic heterocycles. The topological polar surface area (TPSA) is 70.3 Å². The number of hydrogen-bond donors (Lipinski definition) is 0. The smallest absolute Gasteiger partial charge is 0.456 e. The molecule has 9 aromatic rings. The standard InChI is InChI=1S/C47H35BClN3O3/c1-46(2)47(3,4)55-48(54-46)39-25-24-34(36-13-9-15-41-42(36)37-12-7-8-14-40(37)53-41)38-27-32(22-23-35(38)39)29-16-19-30(20-17-29)43-50-44(52-45(49)51-43)33-21-18-28-10-5-6-11-31(28)26-33/h5-27H,1-4H3. The van der Waals surface area contributed by atoms with Crippen molar-refractivity contribution in [2.75, 3.05) is 0 Å². The van der Waals surface area contributed by atoms with Gasteiger partial charge in [0.15, 0.2) is 11.6 Å². The molecule has 0 atom stereocenters. The van der Waals surface area contributed by atoms with Crippen molar-refractivity contribution < 1.29 is 13.7 Å². The van der Waals surface area contributed by atoms with E-state index in [4.69, 9.17) is 30.3 Å². The fraction of sp³-hybridized carbons (Fsp3) is 0.128. The molecule has 0 amide bonds. The number of hydrogen-bond acceptors (Lipinski definition) is 6. The van der Waals surface area contributed by atoms with Gasteiger partial charge in [0.1, 0.15) is 11.2 Å². The molecule has 1 saturated heterocycles. The van der Waals surface area contributed by atoms with E-state index in [0.717, 1.165) is 82.3 Å². The van der Waals surface area contributed by atoms with E-state index in [1.165, 1.54) is 0 Å². The normalized spacial score (nSPS) is 15.1. The van der Waals surface area contributed by atoms with Gasteiger partial charge in [-0.25, -0.2) is 4.98 Å². The van der Waals surface area contributed by atoms with Crippen LogP contribution in [-0.2, 0) is 9.31 Å². The van der Waals surface area contributed by atoms with Crippen molar-refractivity contribution in [2.24, 2.45) is 0 Å². The lowest BCUT2D eigenvalue weighted by Gasteiger charge is -2.32. The van der Waals surface area contributed by atoms with E-state index in [0.29, 0.717) is 11.6 Å². The fourth-order valence-electron chi connectivity index (χ4n) is 7.71. The van der Waals surface area contributed by atoms with E-state index in [1.54, 1.807) is 0 Å². The quantitative estimate of drug-likeness (QED) is 0.164. The van der Waals surface area contributed by atoms with Crippen molar-refractivity contribution in [2.45, 2.75) is 38.9 Å². The van der Waals surface area contributed by atoms with Crippen LogP contribution in [0.1, 0.15) is 27.7 Å². The first-order valence-electron chi connectivity index (χ1n) is 18.5. The van der Waals surface area contributed by atoms with Gasteiger partial charge in [0, 0.05) is 21.9 Å². The summed E-state index contributed by atoms with van der Waals surface area (Å²) in [6.45, 7) is 8.35. The first-order valence-corrected chi connectivity index (χ1v) is 18.8. The Labute approximate surface area is 323 Å². The highest BCUT2D eigenvalue weighted by Gasteiger charge is 2.52. The van der Waals surface area contributed by atoms with Gasteiger partial charge in [-0.15, -0.1) is 0 Å². The first kappa shape index (κ1) is 33.7. The molecule has 10 rings (SSSR count). The summed E-state index contributed by atoms with van der Waals surface area (Å²) in [6.07, 6.45) is 0. The van der Waals surface area contributed by atoms with Gasteiger partial charge in [-0.05, 0) is 113 Å². The SMILES string of the molecule is CC1(C)OB(c2ccc(-c3cccc4oc5ccccc5c34)c3cc(-c4ccc(-c5nc(Cl)nc(-c6ccc7ccccc7c6)n5)cc4)ccc23)OC1(C)C. The number of nitrogens with zero attached hydrogens (tertiary/aromatic N) is 3. The molecule has 0 saturated carbocycles. The van der Waals surface area contributed by atoms with Crippen LogP contribution in [0, 0.1) is 0 Å². The van der Waals surface area contributed by atoms with Crippen LogP contribution in [0.15, 0.2) is 144 Å². The molecule has 1 fully saturated rings. The Morgan fingerprint density at radius 1 is 0.491 bits per heavy atom. The summed E-state index contributed by atoms with van der Waals surface area (Å²) in [6, 6.07) is 48.2. The van der Waals surface area contributed by atoms with E-state index in [1.807, 2.05) is 48.5 Å². The van der Waals surface area contributed by atoms with E-state index >= 15 is 0 Å². The van der Waals surface area contributed by atoms with E-state index in [9.17, 15) is 0 Å². The van der Waals surface area contributed by atoms with Crippen molar-refractivity contribution in [3.63, 3.8) is 0 Å². The van der Waals surface area contributed by atoms with E-state index in [2.05, 4.69) is 129 Å². The molecule has 0 unspecified atom stereocenters. The van der Waals surface area contributed by atoms with Crippen LogP contribution in [0.3, 0.4) is 0 Å². The van der Waals surface area contributed by atoms with Gasteiger partial charge >= 0.3 is 7.12 Å². The second-order valence-corrected chi connectivity index (χ2v) is 15.6. The molecule has 0 spiro atoms. The predicted molar refractivity (Wildman–Crippen MR) is 225 cm³/mol. The maximum Gasteiger partial charge on any atom is 0.495 e. The Kier molecular flexibility index (Phi) is 7.72. The van der Waals surface area contributed by atoms with Crippen molar-refractivity contribution in [3.05, 3.63) is 145 Å². The monoisotopic (exact) mass is 735 g/mol. The van der Waals surface area contributed by atoms with Gasteiger partial charge in [0.05, 0.1) is 11.2 Å². The van der Waals surface area contributed by atoms with Crippen LogP contribution in [0.25, 0.3) is 88.5 Å². The summed E-state index contributed by atoms with van der Waals surface area (Å²) in [5, 5.41) is 6.76. The second-order valence-electron chi connectivity index (χ2n) is 15.2. The lowest BCUT2D eigenvalue weighted by Crippen LogP contribution is -2.41. The third-order valence-corrected chi connectivity index (χ3v) is 11.5. The molecular formula is C47H35BClN3O3. The van der Waals surface area contributed by atoms with Crippen molar-refractivity contribution in [1.29, 1.82) is 0 Å². The number of furan rings is 1. The predicted octanol–water partition coefficient (Wildman–Crippen LogP) is 11.7. The number of rotatable bonds is 5. The third kappa shape index (κ3) is 5.70. The molecule has 0 radical (unpaired) electrons. The van der Waals surface area contributed by atoms with Gasteiger partial charge < -0.3 is 13.7 Å². The Morgan fingerprint density at radius 2 is 1.15 bits per heavy atom. The number of benzene rings is 7. The summed E-state index contributed by atoms with van der Waals surface area (Å²) < 4.78 is 19.5. The number of aromatic nitrogens is 3. The highest BCUT2D eigenvalue weighted by atomic mass is 35.5. The zero-order chi connectivity index (χ0) is 37.5. The third-order valence-electron chi connectivity index (χ3n) is 11.3. The fourth-order valence-corrected chi connectivity index (χ4v) is 7.87. The number of halogens is 1. The van der Waals surface area contributed by atoms with Gasteiger partial charge in [0.2, 0.25) is 5.28 Å². The summed E-state index contributed by atoms with van der Waals surface area (Å²) in [4.78, 5) is 13.8. The first-order chi connectivity index (χ1) is 26.6. The zero-order valence-corrected chi connectivity index (χ0v) is 31.6. The van der Waals surface area contributed by atoms with E-state index in [-0.39, 0.29) is 5.28 Å². The molecule has 1 aliphatic rings. The maximum absolute atomic E-state index is 6.59. The lowest BCUT2D eigenvalue weighted by atomic mass is 9.74. The molecule has 0 aliphatic carbocycles. The van der Waals surface area contributed by atoms with Crippen LogP contribution in [-0.4, -0.2) is 33.3 Å². The Bertz CT molecular complexity index is 2960. The van der Waals surface area contributed by atoms with Gasteiger partial charge in [-0.1, -0.05) is 115 Å². The van der Waals surface area contributed by atoms with Crippen LogP contribution < -0.4 is 5.46 Å². The second kappa shape index (κ2) is 12.6. The van der Waals surface area contributed by atoms with Crippen LogP contribution in [0.2, 0.25) is 5.28 Å². The highest BCUT2D eigenvalue weighted by molar-refractivity contribution is 6.65. The average Bonchev–Trinajstić information content (AvgIpc) is 3.69. The highest BCUT2D eigenvalue weighted by Crippen LogP contribution is 2.42.